The summed E-state index contributed by atoms with van der Waals surface area (Å²) in [5, 5.41) is 3.11. The van der Waals surface area contributed by atoms with Crippen LogP contribution in [0.5, 0.6) is 5.75 Å². The molecule has 0 N–H and O–H groups in total. The van der Waals surface area contributed by atoms with Gasteiger partial charge in [-0.05, 0) is 65.2 Å². The van der Waals surface area contributed by atoms with E-state index in [2.05, 4.69) is 6.07 Å². The van der Waals surface area contributed by atoms with Crippen LogP contribution in [0.25, 0.3) is 0 Å². The fourth-order valence-electron chi connectivity index (χ4n) is 4.62. The van der Waals surface area contributed by atoms with Crippen molar-refractivity contribution in [2.24, 2.45) is 0 Å². The van der Waals surface area contributed by atoms with Gasteiger partial charge in [-0.1, -0.05) is 41.4 Å². The van der Waals surface area contributed by atoms with Crippen LogP contribution >= 0.6 is 34.5 Å². The average Bonchev–Trinajstić information content (AvgIpc) is 3.37. The Morgan fingerprint density at radius 1 is 1.08 bits per heavy atom. The van der Waals surface area contributed by atoms with Crippen molar-refractivity contribution in [2.45, 2.75) is 25.3 Å². The van der Waals surface area contributed by atoms with Gasteiger partial charge in [0.15, 0.2) is 0 Å². The SMILES string of the molecule is COCCCN(CC(=O)N1CCc2sccc2C1c1ccc(Cl)cc1Cl)C(=O)Cc1ccc(OC)cc1. The molecular weight excluding hydrogens is 531 g/mol. The molecular formula is C28H30Cl2N2O4S. The number of thiophene rings is 1. The molecule has 0 fully saturated rings. The molecule has 0 radical (unpaired) electrons. The molecule has 1 atom stereocenters. The van der Waals surface area contributed by atoms with Crippen LogP contribution in [-0.2, 0) is 27.2 Å². The predicted molar refractivity (Wildman–Crippen MR) is 148 cm³/mol. The van der Waals surface area contributed by atoms with E-state index in [4.69, 9.17) is 32.7 Å². The van der Waals surface area contributed by atoms with Gasteiger partial charge in [-0.3, -0.25) is 9.59 Å². The molecule has 2 heterocycles. The summed E-state index contributed by atoms with van der Waals surface area (Å²) in [5.41, 5.74) is 2.76. The van der Waals surface area contributed by atoms with E-state index in [0.29, 0.717) is 36.2 Å². The van der Waals surface area contributed by atoms with Crippen LogP contribution in [0, 0.1) is 0 Å². The molecule has 1 unspecified atom stereocenters. The molecule has 3 aromatic rings. The lowest BCUT2D eigenvalue weighted by Crippen LogP contribution is -2.47. The van der Waals surface area contributed by atoms with Crippen molar-refractivity contribution in [2.75, 3.05) is 40.5 Å². The second kappa shape index (κ2) is 12.8. The van der Waals surface area contributed by atoms with Crippen molar-refractivity contribution < 1.29 is 19.1 Å². The number of halogens is 2. The lowest BCUT2D eigenvalue weighted by Gasteiger charge is -2.38. The Balaban J connectivity index is 1.56. The molecule has 0 aliphatic carbocycles. The summed E-state index contributed by atoms with van der Waals surface area (Å²) in [6, 6.07) is 14.5. The van der Waals surface area contributed by atoms with Gasteiger partial charge >= 0.3 is 0 Å². The van der Waals surface area contributed by atoms with E-state index in [-0.39, 0.29) is 30.8 Å². The monoisotopic (exact) mass is 560 g/mol. The van der Waals surface area contributed by atoms with E-state index in [1.54, 1.807) is 42.6 Å². The average molecular weight is 562 g/mol. The fraction of sp³-hybridized carbons (Fsp3) is 0.357. The number of benzene rings is 2. The van der Waals surface area contributed by atoms with Crippen molar-refractivity contribution in [3.05, 3.63) is 85.5 Å². The first kappa shape index (κ1) is 27.5. The third-order valence-electron chi connectivity index (χ3n) is 6.51. The largest absolute Gasteiger partial charge is 0.497 e. The summed E-state index contributed by atoms with van der Waals surface area (Å²) in [5.74, 6) is 0.505. The van der Waals surface area contributed by atoms with E-state index in [1.807, 2.05) is 40.6 Å². The number of amides is 2. The highest BCUT2D eigenvalue weighted by Gasteiger charge is 2.35. The van der Waals surface area contributed by atoms with Gasteiger partial charge in [-0.2, -0.15) is 0 Å². The molecule has 1 aromatic heterocycles. The maximum absolute atomic E-state index is 13.8. The number of hydrogen-bond donors (Lipinski definition) is 0. The molecule has 0 bridgehead atoms. The van der Waals surface area contributed by atoms with Gasteiger partial charge in [0.1, 0.15) is 5.75 Å². The van der Waals surface area contributed by atoms with Crippen molar-refractivity contribution in [3.8, 4) is 5.75 Å². The molecule has 2 amide bonds. The highest BCUT2D eigenvalue weighted by atomic mass is 35.5. The van der Waals surface area contributed by atoms with Gasteiger partial charge in [0, 0.05) is 41.7 Å². The van der Waals surface area contributed by atoms with Crippen LogP contribution < -0.4 is 4.74 Å². The van der Waals surface area contributed by atoms with Crippen molar-refractivity contribution in [1.29, 1.82) is 0 Å². The van der Waals surface area contributed by atoms with Crippen LogP contribution in [0.1, 0.15) is 34.0 Å². The first-order valence-electron chi connectivity index (χ1n) is 12.1. The topological polar surface area (TPSA) is 59.1 Å². The second-order valence-electron chi connectivity index (χ2n) is 8.89. The van der Waals surface area contributed by atoms with Gasteiger partial charge in [0.2, 0.25) is 11.8 Å². The van der Waals surface area contributed by atoms with Crippen LogP contribution in [-0.4, -0.2) is 62.1 Å². The molecule has 0 saturated carbocycles. The Morgan fingerprint density at radius 3 is 2.57 bits per heavy atom. The van der Waals surface area contributed by atoms with Crippen molar-refractivity contribution in [3.63, 3.8) is 0 Å². The van der Waals surface area contributed by atoms with Gasteiger partial charge in [0.05, 0.1) is 26.1 Å². The number of rotatable bonds is 10. The third-order valence-corrected chi connectivity index (χ3v) is 8.07. The normalized spacial score (nSPS) is 14.8. The molecule has 0 saturated heterocycles. The Labute approximate surface area is 231 Å². The third kappa shape index (κ3) is 6.65. The van der Waals surface area contributed by atoms with Crippen LogP contribution in [0.15, 0.2) is 53.9 Å². The second-order valence-corrected chi connectivity index (χ2v) is 10.7. The molecule has 37 heavy (non-hydrogen) atoms. The Hall–Kier alpha value is -2.58. The Kier molecular flexibility index (Phi) is 9.49. The van der Waals surface area contributed by atoms with Crippen LogP contribution in [0.2, 0.25) is 10.0 Å². The van der Waals surface area contributed by atoms with E-state index >= 15 is 0 Å². The number of carbonyl (C=O) groups is 2. The first-order valence-corrected chi connectivity index (χ1v) is 13.7. The number of carbonyl (C=O) groups excluding carboxylic acids is 2. The lowest BCUT2D eigenvalue weighted by molar-refractivity contribution is -0.141. The summed E-state index contributed by atoms with van der Waals surface area (Å²) >= 11 is 14.5. The maximum atomic E-state index is 13.8. The molecule has 0 spiro atoms. The number of methoxy groups -OCH3 is 2. The minimum atomic E-state index is -0.329. The van der Waals surface area contributed by atoms with Gasteiger partial charge in [-0.15, -0.1) is 11.3 Å². The Morgan fingerprint density at radius 2 is 1.86 bits per heavy atom. The molecule has 9 heteroatoms. The quantitative estimate of drug-likeness (QED) is 0.301. The molecule has 2 aromatic carbocycles. The van der Waals surface area contributed by atoms with Gasteiger partial charge < -0.3 is 19.3 Å². The number of ether oxygens (including phenoxy) is 2. The van der Waals surface area contributed by atoms with Crippen molar-refractivity contribution >= 4 is 46.4 Å². The number of nitrogens with zero attached hydrogens (tertiary/aromatic N) is 2. The minimum absolute atomic E-state index is 0.0140. The Bertz CT molecular complexity index is 1230. The highest BCUT2D eigenvalue weighted by molar-refractivity contribution is 7.10. The summed E-state index contributed by atoms with van der Waals surface area (Å²) in [6.45, 7) is 1.47. The van der Waals surface area contributed by atoms with E-state index < -0.39 is 0 Å². The van der Waals surface area contributed by atoms with E-state index in [9.17, 15) is 9.59 Å². The van der Waals surface area contributed by atoms with E-state index in [0.717, 1.165) is 28.9 Å². The number of hydrogen-bond acceptors (Lipinski definition) is 5. The van der Waals surface area contributed by atoms with Crippen molar-refractivity contribution in [1.82, 2.24) is 9.80 Å². The molecule has 1 aliphatic heterocycles. The standard InChI is InChI=1S/C28H30Cl2N2O4S/c1-35-14-3-12-31(26(33)16-19-4-7-21(36-2)8-5-19)18-27(34)32-13-10-25-23(11-15-37-25)28(32)22-9-6-20(29)17-24(22)30/h4-9,11,15,17,28H,3,10,12-14,16,18H2,1-2H3. The maximum Gasteiger partial charge on any atom is 0.242 e. The zero-order valence-electron chi connectivity index (χ0n) is 20.9. The van der Waals surface area contributed by atoms with Gasteiger partial charge in [0.25, 0.3) is 0 Å². The first-order chi connectivity index (χ1) is 17.9. The number of fused-ring (bicyclic) bond motifs is 1. The lowest BCUT2D eigenvalue weighted by atomic mass is 9.93. The summed E-state index contributed by atoms with van der Waals surface area (Å²) in [7, 11) is 3.23. The highest BCUT2D eigenvalue weighted by Crippen LogP contribution is 2.41. The summed E-state index contributed by atoms with van der Waals surface area (Å²) < 4.78 is 10.4. The molecule has 4 rings (SSSR count). The zero-order chi connectivity index (χ0) is 26.4. The fourth-order valence-corrected chi connectivity index (χ4v) is 6.03. The predicted octanol–water partition coefficient (Wildman–Crippen LogP) is 5.65. The smallest absolute Gasteiger partial charge is 0.242 e. The summed E-state index contributed by atoms with van der Waals surface area (Å²) in [4.78, 5) is 31.8. The summed E-state index contributed by atoms with van der Waals surface area (Å²) in [6.07, 6.45) is 1.61. The van der Waals surface area contributed by atoms with Crippen LogP contribution in [0.3, 0.4) is 0 Å². The zero-order valence-corrected chi connectivity index (χ0v) is 23.2. The van der Waals surface area contributed by atoms with E-state index in [1.165, 1.54) is 4.88 Å². The van der Waals surface area contributed by atoms with Gasteiger partial charge in [-0.25, -0.2) is 0 Å². The van der Waals surface area contributed by atoms with Crippen LogP contribution in [0.4, 0.5) is 0 Å². The molecule has 1 aliphatic rings. The molecule has 6 nitrogen and oxygen atoms in total. The minimum Gasteiger partial charge on any atom is -0.497 e. The molecule has 196 valence electrons.